The number of nitrogens with one attached hydrogen (secondary N) is 1. The molecule has 1 N–H and O–H groups in total. The fourth-order valence-electron chi connectivity index (χ4n) is 0.714. The number of esters is 1. The van der Waals surface area contributed by atoms with Crippen LogP contribution < -0.4 is 5.32 Å². The van der Waals surface area contributed by atoms with Gasteiger partial charge in [-0.3, -0.25) is 0 Å². The normalized spacial score (nSPS) is 11.2. The summed E-state index contributed by atoms with van der Waals surface area (Å²) < 4.78 is 4.46. The number of carbonyl (C=O) groups excluding carboxylic acids is 1. The van der Waals surface area contributed by atoms with Gasteiger partial charge >= 0.3 is 5.97 Å². The lowest BCUT2D eigenvalue weighted by molar-refractivity contribution is -0.135. The third kappa shape index (κ3) is 3.38. The van der Waals surface area contributed by atoms with Crippen LogP contribution in [0.2, 0.25) is 0 Å². The molecule has 72 valence electrons. The van der Waals surface area contributed by atoms with Crippen molar-refractivity contribution >= 4 is 17.7 Å². The van der Waals surface area contributed by atoms with Crippen LogP contribution in [0.25, 0.3) is 0 Å². The van der Waals surface area contributed by atoms with Crippen molar-refractivity contribution in [1.29, 1.82) is 5.26 Å². The van der Waals surface area contributed by atoms with E-state index in [1.165, 1.54) is 18.9 Å². The quantitative estimate of drug-likeness (QED) is 0.414. The van der Waals surface area contributed by atoms with Crippen LogP contribution in [0.5, 0.6) is 0 Å². The summed E-state index contributed by atoms with van der Waals surface area (Å²) in [7, 11) is 1.25. The zero-order chi connectivity index (χ0) is 10.3. The first-order valence-corrected chi connectivity index (χ1v) is 4.94. The molecule has 4 nitrogen and oxygen atoms in total. The van der Waals surface area contributed by atoms with Crippen molar-refractivity contribution < 1.29 is 9.53 Å². The van der Waals surface area contributed by atoms with Crippen LogP contribution in [-0.4, -0.2) is 25.9 Å². The lowest BCUT2D eigenvalue weighted by Crippen LogP contribution is -2.16. The van der Waals surface area contributed by atoms with E-state index in [4.69, 9.17) is 5.26 Å². The van der Waals surface area contributed by atoms with Crippen LogP contribution >= 0.6 is 11.8 Å². The Bertz CT molecular complexity index is 255. The van der Waals surface area contributed by atoms with Crippen LogP contribution in [0.1, 0.15) is 6.92 Å². The summed E-state index contributed by atoms with van der Waals surface area (Å²) in [6.07, 6.45) is 1.79. The van der Waals surface area contributed by atoms with Gasteiger partial charge in [0.25, 0.3) is 0 Å². The van der Waals surface area contributed by atoms with Crippen molar-refractivity contribution in [3.8, 4) is 6.07 Å². The number of thioether (sulfide) groups is 1. The molecule has 0 radical (unpaired) electrons. The molecule has 5 heteroatoms. The fourth-order valence-corrected chi connectivity index (χ4v) is 1.34. The van der Waals surface area contributed by atoms with E-state index in [1.54, 1.807) is 6.26 Å². The van der Waals surface area contributed by atoms with Gasteiger partial charge in [0.15, 0.2) is 5.57 Å². The lowest BCUT2D eigenvalue weighted by Gasteiger charge is -2.07. The van der Waals surface area contributed by atoms with E-state index >= 15 is 0 Å². The maximum Gasteiger partial charge on any atom is 0.351 e. The van der Waals surface area contributed by atoms with E-state index in [-0.39, 0.29) is 5.57 Å². The molecule has 0 amide bonds. The Morgan fingerprint density at radius 1 is 1.69 bits per heavy atom. The van der Waals surface area contributed by atoms with Crippen molar-refractivity contribution in [2.24, 2.45) is 0 Å². The number of hydrogen-bond acceptors (Lipinski definition) is 5. The summed E-state index contributed by atoms with van der Waals surface area (Å²) in [5.74, 6) is -0.604. The zero-order valence-electron chi connectivity index (χ0n) is 7.88. The largest absolute Gasteiger partial charge is 0.465 e. The highest BCUT2D eigenvalue weighted by Crippen LogP contribution is 2.13. The SMILES string of the molecule is CCNC(SC)=C(C#N)C(=O)OC. The summed E-state index contributed by atoms with van der Waals surface area (Å²) in [5, 5.41) is 12.2. The minimum Gasteiger partial charge on any atom is -0.465 e. The highest BCUT2D eigenvalue weighted by molar-refractivity contribution is 8.02. The molecule has 0 atom stereocenters. The molecule has 0 aromatic heterocycles. The van der Waals surface area contributed by atoms with E-state index in [0.29, 0.717) is 11.6 Å². The Morgan fingerprint density at radius 3 is 2.62 bits per heavy atom. The van der Waals surface area contributed by atoms with Gasteiger partial charge in [-0.2, -0.15) is 5.26 Å². The van der Waals surface area contributed by atoms with Gasteiger partial charge in [-0.05, 0) is 13.2 Å². The Morgan fingerprint density at radius 2 is 2.31 bits per heavy atom. The highest BCUT2D eigenvalue weighted by atomic mass is 32.2. The number of carbonyl (C=O) groups is 1. The average molecular weight is 200 g/mol. The minimum atomic E-state index is -0.604. The topological polar surface area (TPSA) is 62.1 Å². The molecule has 0 spiro atoms. The molecule has 0 fully saturated rings. The van der Waals surface area contributed by atoms with Crippen LogP contribution in [0.15, 0.2) is 10.6 Å². The van der Waals surface area contributed by atoms with E-state index in [1.807, 2.05) is 13.0 Å². The maximum absolute atomic E-state index is 11.1. The van der Waals surface area contributed by atoms with E-state index in [0.717, 1.165) is 0 Å². The van der Waals surface area contributed by atoms with Crippen LogP contribution in [0.3, 0.4) is 0 Å². The second-order valence-electron chi connectivity index (χ2n) is 2.04. The molecule has 0 aliphatic heterocycles. The summed E-state index contributed by atoms with van der Waals surface area (Å²) >= 11 is 1.32. The van der Waals surface area contributed by atoms with Gasteiger partial charge in [0.1, 0.15) is 6.07 Å². The number of rotatable bonds is 4. The lowest BCUT2D eigenvalue weighted by atomic mass is 10.3. The van der Waals surface area contributed by atoms with Gasteiger partial charge in [-0.25, -0.2) is 4.79 Å². The zero-order valence-corrected chi connectivity index (χ0v) is 8.70. The van der Waals surface area contributed by atoms with Crippen molar-refractivity contribution in [3.05, 3.63) is 10.6 Å². The van der Waals surface area contributed by atoms with Gasteiger partial charge in [0, 0.05) is 6.54 Å². The molecule has 0 rings (SSSR count). The highest BCUT2D eigenvalue weighted by Gasteiger charge is 2.14. The van der Waals surface area contributed by atoms with Gasteiger partial charge in [-0.15, -0.1) is 11.8 Å². The number of ether oxygens (including phenoxy) is 1. The van der Waals surface area contributed by atoms with Crippen LogP contribution in [-0.2, 0) is 9.53 Å². The molecule has 0 heterocycles. The standard InChI is InChI=1S/C8H12N2O2S/c1-4-10-7(13-3)6(5-9)8(11)12-2/h10H,4H2,1-3H3. The molecule has 0 saturated heterocycles. The van der Waals surface area contributed by atoms with Crippen molar-refractivity contribution in [1.82, 2.24) is 5.32 Å². The fraction of sp³-hybridized carbons (Fsp3) is 0.500. The molecule has 0 unspecified atom stereocenters. The number of hydrogen-bond donors (Lipinski definition) is 1. The number of nitriles is 1. The summed E-state index contributed by atoms with van der Waals surface area (Å²) in [6, 6.07) is 1.81. The predicted molar refractivity (Wildman–Crippen MR) is 51.8 cm³/mol. The first kappa shape index (κ1) is 11.8. The summed E-state index contributed by atoms with van der Waals surface area (Å²) in [4.78, 5) is 11.1. The van der Waals surface area contributed by atoms with Crippen LogP contribution in [0, 0.1) is 11.3 Å². The second-order valence-corrected chi connectivity index (χ2v) is 2.86. The molecule has 0 bridgehead atoms. The first-order chi connectivity index (χ1) is 6.21. The molecule has 0 aliphatic rings. The van der Waals surface area contributed by atoms with Crippen molar-refractivity contribution in [3.63, 3.8) is 0 Å². The van der Waals surface area contributed by atoms with Gasteiger partial charge in [0.05, 0.1) is 12.1 Å². The van der Waals surface area contributed by atoms with Gasteiger partial charge in [-0.1, -0.05) is 0 Å². The van der Waals surface area contributed by atoms with E-state index in [2.05, 4.69) is 10.1 Å². The second kappa shape index (κ2) is 6.38. The number of methoxy groups -OCH3 is 1. The molecule has 0 aliphatic carbocycles. The van der Waals surface area contributed by atoms with Crippen LogP contribution in [0.4, 0.5) is 0 Å². The Labute approximate surface area is 81.9 Å². The molecular formula is C8H12N2O2S. The van der Waals surface area contributed by atoms with Gasteiger partial charge < -0.3 is 10.1 Å². The monoisotopic (exact) mass is 200 g/mol. The molecular weight excluding hydrogens is 188 g/mol. The third-order valence-corrected chi connectivity index (χ3v) is 2.03. The maximum atomic E-state index is 11.1. The third-order valence-electron chi connectivity index (χ3n) is 1.27. The predicted octanol–water partition coefficient (Wildman–Crippen LogP) is 0.867. The molecule has 13 heavy (non-hydrogen) atoms. The van der Waals surface area contributed by atoms with E-state index in [9.17, 15) is 4.79 Å². The summed E-state index contributed by atoms with van der Waals surface area (Å²) in [5.41, 5.74) is 0.0249. The van der Waals surface area contributed by atoms with Gasteiger partial charge in [0.2, 0.25) is 0 Å². The van der Waals surface area contributed by atoms with Crippen molar-refractivity contribution in [2.45, 2.75) is 6.92 Å². The Balaban J connectivity index is 4.84. The smallest absolute Gasteiger partial charge is 0.351 e. The Hall–Kier alpha value is -1.15. The molecule has 0 aromatic carbocycles. The minimum absolute atomic E-state index is 0.0249. The number of nitrogens with zero attached hydrogens (tertiary/aromatic N) is 1. The van der Waals surface area contributed by atoms with E-state index < -0.39 is 5.97 Å². The van der Waals surface area contributed by atoms with Crippen molar-refractivity contribution in [2.75, 3.05) is 19.9 Å². The summed E-state index contributed by atoms with van der Waals surface area (Å²) in [6.45, 7) is 2.56. The molecule has 0 saturated carbocycles. The average Bonchev–Trinajstić information content (AvgIpc) is 2.17. The molecule has 0 aromatic rings. The first-order valence-electron chi connectivity index (χ1n) is 3.71. The Kier molecular flexibility index (Phi) is 5.81.